The van der Waals surface area contributed by atoms with Crippen molar-refractivity contribution in [2.24, 2.45) is 10.9 Å². The number of hydrogen-bond donors (Lipinski definition) is 1. The van der Waals surface area contributed by atoms with E-state index in [4.69, 9.17) is 14.2 Å². The van der Waals surface area contributed by atoms with Crippen molar-refractivity contribution >= 4 is 29.9 Å². The molecule has 7 nitrogen and oxygen atoms in total. The molecule has 1 fully saturated rings. The maximum absolute atomic E-state index is 5.66. The average Bonchev–Trinajstić information content (AvgIpc) is 3.14. The van der Waals surface area contributed by atoms with E-state index in [-0.39, 0.29) is 24.0 Å². The lowest BCUT2D eigenvalue weighted by Gasteiger charge is -2.21. The summed E-state index contributed by atoms with van der Waals surface area (Å²) in [6.07, 6.45) is 3.95. The van der Waals surface area contributed by atoms with Gasteiger partial charge < -0.3 is 24.4 Å². The van der Waals surface area contributed by atoms with Crippen LogP contribution >= 0.6 is 24.0 Å². The zero-order valence-corrected chi connectivity index (χ0v) is 19.0. The van der Waals surface area contributed by atoms with Crippen LogP contribution in [0.2, 0.25) is 0 Å². The van der Waals surface area contributed by atoms with Crippen LogP contribution in [0.1, 0.15) is 25.3 Å². The van der Waals surface area contributed by atoms with Crippen LogP contribution < -0.4 is 10.1 Å². The highest BCUT2D eigenvalue weighted by molar-refractivity contribution is 14.0. The second-order valence-corrected chi connectivity index (χ2v) is 6.42. The number of rotatable bonds is 10. The third kappa shape index (κ3) is 8.61. The predicted molar refractivity (Wildman–Crippen MR) is 118 cm³/mol. The highest BCUT2D eigenvalue weighted by Crippen LogP contribution is 2.17. The van der Waals surface area contributed by atoms with Crippen molar-refractivity contribution < 1.29 is 14.2 Å². The van der Waals surface area contributed by atoms with Crippen LogP contribution in [0.25, 0.3) is 0 Å². The average molecular weight is 492 g/mol. The number of aliphatic imine (C=N–C) groups is 1. The minimum Gasteiger partial charge on any atom is -0.478 e. The molecule has 2 rings (SSSR count). The number of ether oxygens (including phenoxy) is 3. The van der Waals surface area contributed by atoms with Gasteiger partial charge in [0.25, 0.3) is 0 Å². The molecule has 1 aromatic rings. The Labute approximate surface area is 179 Å². The fraction of sp³-hybridized carbons (Fsp3) is 0.684. The maximum atomic E-state index is 5.66. The maximum Gasteiger partial charge on any atom is 0.213 e. The molecular weight excluding hydrogens is 459 g/mol. The molecule has 0 aliphatic carbocycles. The summed E-state index contributed by atoms with van der Waals surface area (Å²) in [6.45, 7) is 7.52. The van der Waals surface area contributed by atoms with Crippen LogP contribution in [0.4, 0.5) is 0 Å². The largest absolute Gasteiger partial charge is 0.478 e. The van der Waals surface area contributed by atoms with Gasteiger partial charge in [0.05, 0.1) is 26.4 Å². The summed E-state index contributed by atoms with van der Waals surface area (Å²) in [5, 5.41) is 3.42. The van der Waals surface area contributed by atoms with Crippen LogP contribution in [0.15, 0.2) is 23.3 Å². The molecule has 8 heteroatoms. The molecular formula is C19H33IN4O3. The van der Waals surface area contributed by atoms with E-state index >= 15 is 0 Å². The lowest BCUT2D eigenvalue weighted by molar-refractivity contribution is 0.0536. The van der Waals surface area contributed by atoms with Crippen LogP contribution in [0.5, 0.6) is 5.88 Å². The van der Waals surface area contributed by atoms with E-state index in [0.717, 1.165) is 44.1 Å². The number of halogens is 1. The molecule has 1 aliphatic heterocycles. The third-order valence-corrected chi connectivity index (χ3v) is 4.28. The zero-order chi connectivity index (χ0) is 18.6. The number of likely N-dealkylation sites (tertiary alicyclic amines) is 1. The third-order valence-electron chi connectivity index (χ3n) is 4.28. The van der Waals surface area contributed by atoms with E-state index in [2.05, 4.69) is 27.1 Å². The molecule has 1 aromatic heterocycles. The Balaban J connectivity index is 0.00000364. The summed E-state index contributed by atoms with van der Waals surface area (Å²) < 4.78 is 16.2. The second kappa shape index (κ2) is 14.0. The van der Waals surface area contributed by atoms with E-state index in [0.29, 0.717) is 38.2 Å². The first-order valence-electron chi connectivity index (χ1n) is 9.36. The van der Waals surface area contributed by atoms with Gasteiger partial charge >= 0.3 is 0 Å². The lowest BCUT2D eigenvalue weighted by Crippen LogP contribution is -2.39. The first-order valence-corrected chi connectivity index (χ1v) is 9.36. The van der Waals surface area contributed by atoms with Gasteiger partial charge in [-0.2, -0.15) is 0 Å². The van der Waals surface area contributed by atoms with Crippen molar-refractivity contribution in [2.45, 2.75) is 26.3 Å². The first-order chi connectivity index (χ1) is 12.8. The molecule has 27 heavy (non-hydrogen) atoms. The van der Waals surface area contributed by atoms with Gasteiger partial charge in [0.2, 0.25) is 5.88 Å². The Morgan fingerprint density at radius 2 is 2.19 bits per heavy atom. The van der Waals surface area contributed by atoms with Gasteiger partial charge in [0, 0.05) is 52.0 Å². The van der Waals surface area contributed by atoms with Crippen LogP contribution in [0, 0.1) is 5.92 Å². The highest BCUT2D eigenvalue weighted by atomic mass is 127. The number of aromatic nitrogens is 1. The standard InChI is InChI=1S/C19H32N4O3.HI/c1-4-9-26-18-6-5-16(12-21-18)13-22-19(20-2)23-8-7-17(14-23)15-25-11-10-24-3;/h5-6,12,17H,4,7-11,13-15H2,1-3H3,(H,20,22);1H. The molecule has 1 atom stereocenters. The summed E-state index contributed by atoms with van der Waals surface area (Å²) in [5.41, 5.74) is 1.11. The molecule has 0 saturated carbocycles. The molecule has 1 N–H and O–H groups in total. The molecule has 2 heterocycles. The van der Waals surface area contributed by atoms with Gasteiger partial charge in [-0.3, -0.25) is 4.99 Å². The van der Waals surface area contributed by atoms with Gasteiger partial charge in [-0.1, -0.05) is 13.0 Å². The molecule has 1 saturated heterocycles. The SMILES string of the molecule is CCCOc1ccc(CNC(=NC)N2CCC(COCCOC)C2)cn1.I. The van der Waals surface area contributed by atoms with Crippen molar-refractivity contribution in [3.63, 3.8) is 0 Å². The van der Waals surface area contributed by atoms with Crippen LogP contribution in [0.3, 0.4) is 0 Å². The first kappa shape index (κ1) is 23.9. The summed E-state index contributed by atoms with van der Waals surface area (Å²) in [4.78, 5) is 11.0. The number of hydrogen-bond acceptors (Lipinski definition) is 5. The van der Waals surface area contributed by atoms with Gasteiger partial charge in [0.1, 0.15) is 0 Å². The molecule has 0 bridgehead atoms. The molecule has 0 spiro atoms. The monoisotopic (exact) mass is 492 g/mol. The molecule has 0 radical (unpaired) electrons. The fourth-order valence-corrected chi connectivity index (χ4v) is 2.87. The number of nitrogens with one attached hydrogen (secondary N) is 1. The van der Waals surface area contributed by atoms with Gasteiger partial charge in [-0.15, -0.1) is 24.0 Å². The smallest absolute Gasteiger partial charge is 0.213 e. The molecule has 1 aliphatic rings. The fourth-order valence-electron chi connectivity index (χ4n) is 2.87. The van der Waals surface area contributed by atoms with E-state index in [1.54, 1.807) is 7.11 Å². The highest BCUT2D eigenvalue weighted by Gasteiger charge is 2.24. The van der Waals surface area contributed by atoms with Crippen LogP contribution in [-0.2, 0) is 16.0 Å². The van der Waals surface area contributed by atoms with Crippen LogP contribution in [-0.4, -0.2) is 69.5 Å². The van der Waals surface area contributed by atoms with Gasteiger partial charge in [-0.25, -0.2) is 4.98 Å². The molecule has 154 valence electrons. The lowest BCUT2D eigenvalue weighted by atomic mass is 10.1. The minimum absolute atomic E-state index is 0. The summed E-state index contributed by atoms with van der Waals surface area (Å²) in [5.74, 6) is 2.15. The van der Waals surface area contributed by atoms with Crippen molar-refractivity contribution in [2.75, 3.05) is 53.7 Å². The topological polar surface area (TPSA) is 68.2 Å². The normalized spacial score (nSPS) is 16.9. The molecule has 0 aromatic carbocycles. The Hall–Kier alpha value is -1.13. The van der Waals surface area contributed by atoms with Gasteiger partial charge in [-0.05, 0) is 18.4 Å². The van der Waals surface area contributed by atoms with E-state index in [1.165, 1.54) is 0 Å². The Morgan fingerprint density at radius 3 is 2.85 bits per heavy atom. The number of pyridine rings is 1. The van der Waals surface area contributed by atoms with Crippen molar-refractivity contribution in [3.8, 4) is 5.88 Å². The summed E-state index contributed by atoms with van der Waals surface area (Å²) in [6, 6.07) is 3.95. The second-order valence-electron chi connectivity index (χ2n) is 6.42. The Bertz CT molecular complexity index is 542. The van der Waals surface area contributed by atoms with Crippen molar-refractivity contribution in [1.29, 1.82) is 0 Å². The number of guanidine groups is 1. The summed E-state index contributed by atoms with van der Waals surface area (Å²) in [7, 11) is 3.52. The quantitative estimate of drug-likeness (QED) is 0.235. The summed E-state index contributed by atoms with van der Waals surface area (Å²) >= 11 is 0. The Kier molecular flexibility index (Phi) is 12.4. The van der Waals surface area contributed by atoms with E-state index < -0.39 is 0 Å². The van der Waals surface area contributed by atoms with Gasteiger partial charge in [0.15, 0.2) is 5.96 Å². The zero-order valence-electron chi connectivity index (χ0n) is 16.6. The van der Waals surface area contributed by atoms with E-state index in [9.17, 15) is 0 Å². The Morgan fingerprint density at radius 1 is 1.33 bits per heavy atom. The van der Waals surface area contributed by atoms with Crippen molar-refractivity contribution in [3.05, 3.63) is 23.9 Å². The molecule has 0 amide bonds. The van der Waals surface area contributed by atoms with Crippen molar-refractivity contribution in [1.82, 2.24) is 15.2 Å². The number of methoxy groups -OCH3 is 1. The molecule has 1 unspecified atom stereocenters. The predicted octanol–water partition coefficient (Wildman–Crippen LogP) is 2.55. The minimum atomic E-state index is 0. The van der Waals surface area contributed by atoms with E-state index in [1.807, 2.05) is 25.4 Å². The number of nitrogens with zero attached hydrogens (tertiary/aromatic N) is 3.